The summed E-state index contributed by atoms with van der Waals surface area (Å²) in [6.45, 7) is 12.7. The van der Waals surface area contributed by atoms with E-state index < -0.39 is 0 Å². The number of aryl methyl sites for hydroxylation is 1. The topological polar surface area (TPSA) is 134 Å². The molecule has 3 aliphatic heterocycles. The first-order valence-corrected chi connectivity index (χ1v) is 22.8. The molecule has 3 amide bonds. The zero-order chi connectivity index (χ0) is 41.4. The molecule has 4 aliphatic rings. The number of likely N-dealkylation sites (tertiary alicyclic amines) is 1. The number of anilines is 1. The number of amides is 3. The summed E-state index contributed by atoms with van der Waals surface area (Å²) in [4.78, 5) is 49.8. The predicted octanol–water partition coefficient (Wildman–Crippen LogP) is 7.25. The molecule has 2 saturated heterocycles. The van der Waals surface area contributed by atoms with Crippen LogP contribution in [0.5, 0.6) is 11.5 Å². The molecular formula is C46H63N5O7S. The summed E-state index contributed by atoms with van der Waals surface area (Å²) in [5, 5.41) is 15.8. The first-order chi connectivity index (χ1) is 28.6. The maximum Gasteiger partial charge on any atom is 0.273 e. The van der Waals surface area contributed by atoms with E-state index in [0.29, 0.717) is 68.4 Å². The minimum Gasteiger partial charge on any atom is -0.506 e. The Morgan fingerprint density at radius 2 is 1.83 bits per heavy atom. The standard InChI is InChI=1S/C46H63N5O7S/c1-32(2)44-47-38(30-59-44)45(55)50-24-27-58-46(31-50)19-22-49(23-20-46)28-36-12-9-11-34(33(36)3)17-25-56-26-18-41(54)51(37-13-6-7-14-37)21-8-4-5-10-35-15-16-39(52)42-43(35)57-29-40(53)48-42/h9,11-12,15-16,30,32,37,52H,4-8,10,13-14,17-29,31H2,1-3H3,(H,48,53). The maximum atomic E-state index is 13.5. The molecule has 2 N–H and O–H groups in total. The van der Waals surface area contributed by atoms with Gasteiger partial charge in [-0.05, 0) is 86.6 Å². The van der Waals surface area contributed by atoms with Crippen molar-refractivity contribution in [3.63, 3.8) is 0 Å². The number of nitrogens with one attached hydrogen (secondary N) is 1. The summed E-state index contributed by atoms with van der Waals surface area (Å²) in [7, 11) is 0. The van der Waals surface area contributed by atoms with E-state index in [4.69, 9.17) is 14.2 Å². The van der Waals surface area contributed by atoms with E-state index in [0.717, 1.165) is 94.5 Å². The molecule has 1 saturated carbocycles. The number of unbranched alkanes of at least 4 members (excludes halogenated alkanes) is 2. The molecule has 0 bridgehead atoms. The number of aromatic nitrogens is 1. The second-order valence-electron chi connectivity index (χ2n) is 17.2. The number of fused-ring (bicyclic) bond motifs is 1. The normalized spacial score (nSPS) is 18.2. The molecule has 3 fully saturated rings. The van der Waals surface area contributed by atoms with Crippen molar-refractivity contribution in [1.82, 2.24) is 19.7 Å². The first-order valence-electron chi connectivity index (χ1n) is 21.9. The summed E-state index contributed by atoms with van der Waals surface area (Å²) in [5.41, 5.74) is 5.52. The fourth-order valence-electron chi connectivity index (χ4n) is 9.17. The molecule has 320 valence electrons. The number of piperidine rings is 1. The third-order valence-electron chi connectivity index (χ3n) is 12.7. The first kappa shape index (κ1) is 43.1. The molecule has 3 aromatic rings. The molecule has 0 atom stereocenters. The summed E-state index contributed by atoms with van der Waals surface area (Å²) >= 11 is 1.57. The van der Waals surface area contributed by atoms with Crippen LogP contribution in [0.25, 0.3) is 0 Å². The van der Waals surface area contributed by atoms with Crippen LogP contribution < -0.4 is 10.1 Å². The molecular weight excluding hydrogens is 767 g/mol. The van der Waals surface area contributed by atoms with E-state index in [1.807, 2.05) is 16.3 Å². The Hall–Kier alpha value is -4.04. The number of rotatable bonds is 17. The molecule has 13 heteroatoms. The van der Waals surface area contributed by atoms with E-state index in [-0.39, 0.29) is 35.7 Å². The van der Waals surface area contributed by atoms with Gasteiger partial charge in [0.25, 0.3) is 11.8 Å². The maximum absolute atomic E-state index is 13.5. The van der Waals surface area contributed by atoms with E-state index in [2.05, 4.69) is 59.1 Å². The Kier molecular flexibility index (Phi) is 14.6. The number of ether oxygens (including phenoxy) is 3. The van der Waals surface area contributed by atoms with Crippen molar-refractivity contribution in [1.29, 1.82) is 0 Å². The molecule has 59 heavy (non-hydrogen) atoms. The van der Waals surface area contributed by atoms with Crippen LogP contribution >= 0.6 is 11.3 Å². The van der Waals surface area contributed by atoms with Gasteiger partial charge in [0, 0.05) is 50.1 Å². The number of hydrogen-bond acceptors (Lipinski definition) is 10. The van der Waals surface area contributed by atoms with Gasteiger partial charge in [-0.1, -0.05) is 57.4 Å². The highest BCUT2D eigenvalue weighted by atomic mass is 32.1. The minimum absolute atomic E-state index is 0.0154. The summed E-state index contributed by atoms with van der Waals surface area (Å²) < 4.78 is 18.1. The number of phenolic OH excluding ortho intramolecular Hbond substituents is 1. The number of nitrogens with zero attached hydrogens (tertiary/aromatic N) is 4. The van der Waals surface area contributed by atoms with Crippen LogP contribution in [-0.4, -0.2) is 113 Å². The average molecular weight is 830 g/mol. The number of morpholine rings is 1. The zero-order valence-corrected chi connectivity index (χ0v) is 36.1. The van der Waals surface area contributed by atoms with E-state index in [9.17, 15) is 19.5 Å². The summed E-state index contributed by atoms with van der Waals surface area (Å²) in [6, 6.07) is 10.4. The number of benzene rings is 2. The van der Waals surface area contributed by atoms with Gasteiger partial charge in [-0.3, -0.25) is 19.3 Å². The largest absolute Gasteiger partial charge is 0.506 e. The molecule has 1 aromatic heterocycles. The Morgan fingerprint density at radius 3 is 2.61 bits per heavy atom. The molecule has 12 nitrogen and oxygen atoms in total. The smallest absolute Gasteiger partial charge is 0.273 e. The minimum atomic E-state index is -0.292. The van der Waals surface area contributed by atoms with Crippen LogP contribution in [0.3, 0.4) is 0 Å². The highest BCUT2D eigenvalue weighted by Gasteiger charge is 2.41. The Balaban J connectivity index is 0.819. The fraction of sp³-hybridized carbons (Fsp3) is 0.609. The SMILES string of the molecule is Cc1c(CCOCCC(=O)N(CCCCCc2ccc(O)c3c2OCC(=O)N3)C2CCCC2)cccc1CN1CCC2(CC1)CN(C(=O)c1csc(C(C)C)n1)CCO2. The number of thiazole rings is 1. The Labute approximate surface area is 353 Å². The van der Waals surface area contributed by atoms with Crippen molar-refractivity contribution in [2.45, 2.75) is 122 Å². The van der Waals surface area contributed by atoms with Crippen molar-refractivity contribution in [3.8, 4) is 11.5 Å². The van der Waals surface area contributed by atoms with Gasteiger partial charge in [-0.2, -0.15) is 0 Å². The van der Waals surface area contributed by atoms with Gasteiger partial charge < -0.3 is 34.4 Å². The zero-order valence-electron chi connectivity index (χ0n) is 35.3. The second-order valence-corrected chi connectivity index (χ2v) is 18.1. The van der Waals surface area contributed by atoms with Gasteiger partial charge in [0.05, 0.1) is 43.4 Å². The second kappa shape index (κ2) is 20.0. The Morgan fingerprint density at radius 1 is 1.03 bits per heavy atom. The fourth-order valence-corrected chi connectivity index (χ4v) is 9.98. The third-order valence-corrected chi connectivity index (χ3v) is 13.9. The molecule has 1 aliphatic carbocycles. The predicted molar refractivity (Wildman–Crippen MR) is 229 cm³/mol. The summed E-state index contributed by atoms with van der Waals surface area (Å²) in [5.74, 6) is 0.839. The quantitative estimate of drug-likeness (QED) is 0.107. The Bertz CT molecular complexity index is 1920. The van der Waals surface area contributed by atoms with E-state index in [1.54, 1.807) is 17.4 Å². The van der Waals surface area contributed by atoms with Gasteiger partial charge in [-0.15, -0.1) is 11.3 Å². The van der Waals surface area contributed by atoms with Crippen molar-refractivity contribution in [2.24, 2.45) is 0 Å². The highest BCUT2D eigenvalue weighted by molar-refractivity contribution is 7.09. The van der Waals surface area contributed by atoms with Gasteiger partial charge >= 0.3 is 0 Å². The van der Waals surface area contributed by atoms with Crippen LogP contribution in [0, 0.1) is 6.92 Å². The van der Waals surface area contributed by atoms with Gasteiger partial charge in [0.2, 0.25) is 5.91 Å². The van der Waals surface area contributed by atoms with E-state index >= 15 is 0 Å². The van der Waals surface area contributed by atoms with Crippen molar-refractivity contribution < 1.29 is 33.7 Å². The van der Waals surface area contributed by atoms with Gasteiger partial charge in [0.15, 0.2) is 12.4 Å². The highest BCUT2D eigenvalue weighted by Crippen LogP contribution is 2.40. The average Bonchev–Trinajstić information content (AvgIpc) is 3.96. The van der Waals surface area contributed by atoms with Crippen LogP contribution in [0.4, 0.5) is 5.69 Å². The molecule has 2 aromatic carbocycles. The van der Waals surface area contributed by atoms with Gasteiger partial charge in [-0.25, -0.2) is 4.98 Å². The van der Waals surface area contributed by atoms with Gasteiger partial charge in [0.1, 0.15) is 17.1 Å². The molecule has 0 unspecified atom stereocenters. The van der Waals surface area contributed by atoms with Crippen molar-refractivity contribution >= 4 is 34.7 Å². The van der Waals surface area contributed by atoms with Crippen molar-refractivity contribution in [3.05, 3.63) is 68.7 Å². The monoisotopic (exact) mass is 829 g/mol. The lowest BCUT2D eigenvalue weighted by molar-refractivity contribution is -0.134. The molecule has 0 radical (unpaired) electrons. The van der Waals surface area contributed by atoms with Crippen LogP contribution in [-0.2, 0) is 38.4 Å². The van der Waals surface area contributed by atoms with Crippen molar-refractivity contribution in [2.75, 3.05) is 64.5 Å². The number of carbonyl (C=O) groups is 3. The molecule has 1 spiro atoms. The summed E-state index contributed by atoms with van der Waals surface area (Å²) in [6.07, 6.45) is 11.1. The van der Waals surface area contributed by atoms with E-state index in [1.165, 1.54) is 29.5 Å². The lowest BCUT2D eigenvalue weighted by Crippen LogP contribution is -2.58. The number of phenols is 1. The number of hydrogen-bond donors (Lipinski definition) is 2. The van der Waals surface area contributed by atoms with Crippen LogP contribution in [0.15, 0.2) is 35.7 Å². The van der Waals surface area contributed by atoms with Crippen LogP contribution in [0.1, 0.15) is 122 Å². The molecule has 4 heterocycles. The number of carbonyl (C=O) groups excluding carboxylic acids is 3. The van der Waals surface area contributed by atoms with Crippen LogP contribution in [0.2, 0.25) is 0 Å². The number of aromatic hydroxyl groups is 1. The lowest BCUT2D eigenvalue weighted by atomic mass is 9.88. The lowest BCUT2D eigenvalue weighted by Gasteiger charge is -2.47. The third kappa shape index (κ3) is 10.8. The molecule has 7 rings (SSSR count).